The molecular weight excluding hydrogens is 274 g/mol. The van der Waals surface area contributed by atoms with Gasteiger partial charge >= 0.3 is 0 Å². The maximum Gasteiger partial charge on any atom is 0.131 e. The highest BCUT2D eigenvalue weighted by atomic mass is 32.1. The van der Waals surface area contributed by atoms with Gasteiger partial charge in [-0.15, -0.1) is 16.2 Å². The smallest absolute Gasteiger partial charge is 0.131 e. The van der Waals surface area contributed by atoms with E-state index in [-0.39, 0.29) is 5.75 Å². The van der Waals surface area contributed by atoms with Crippen LogP contribution in [0, 0.1) is 4.91 Å². The minimum absolute atomic E-state index is 0.216. The number of phenols is 1. The largest absolute Gasteiger partial charge is 0.508 e. The Bertz CT molecular complexity index is 798. The van der Waals surface area contributed by atoms with Gasteiger partial charge in [0.15, 0.2) is 0 Å². The first kappa shape index (κ1) is 12.6. The monoisotopic (exact) mass is 285 g/mol. The van der Waals surface area contributed by atoms with Gasteiger partial charge < -0.3 is 10.4 Å². The zero-order valence-corrected chi connectivity index (χ0v) is 11.4. The van der Waals surface area contributed by atoms with E-state index in [4.69, 9.17) is 0 Å². The molecule has 6 heteroatoms. The van der Waals surface area contributed by atoms with Gasteiger partial charge in [-0.1, -0.05) is 0 Å². The Morgan fingerprint density at radius 2 is 2.10 bits per heavy atom. The van der Waals surface area contributed by atoms with Gasteiger partial charge in [0.2, 0.25) is 0 Å². The molecule has 5 nitrogen and oxygen atoms in total. The van der Waals surface area contributed by atoms with Crippen molar-refractivity contribution in [1.29, 1.82) is 0 Å². The van der Waals surface area contributed by atoms with Crippen molar-refractivity contribution >= 4 is 32.9 Å². The zero-order chi connectivity index (χ0) is 14.1. The maximum absolute atomic E-state index is 10.8. The van der Waals surface area contributed by atoms with Crippen LogP contribution in [0.1, 0.15) is 0 Å². The first-order valence-corrected chi connectivity index (χ1v) is 6.78. The van der Waals surface area contributed by atoms with E-state index in [2.05, 4.69) is 15.5 Å². The molecule has 0 unspecified atom stereocenters. The van der Waals surface area contributed by atoms with Crippen molar-refractivity contribution in [2.75, 3.05) is 12.4 Å². The Balaban J connectivity index is 2.12. The number of nitrogens with one attached hydrogen (secondary N) is 1. The number of aromatic hydroxyl groups is 1. The number of nitrogens with zero attached hydrogens (tertiary/aromatic N) is 2. The van der Waals surface area contributed by atoms with Crippen LogP contribution >= 0.6 is 11.3 Å². The summed E-state index contributed by atoms with van der Waals surface area (Å²) in [6.07, 6.45) is 0. The lowest BCUT2D eigenvalue weighted by Crippen LogP contribution is -1.88. The van der Waals surface area contributed by atoms with Crippen molar-refractivity contribution in [2.45, 2.75) is 0 Å². The standard InChI is InChI=1S/C14H11N3O2S/c1-15-10-4-2-8(6-12(10)17-19)14-16-11-5-3-9(18)7-13(11)20-14/h2-7,15,18H,1H3. The average Bonchev–Trinajstić information content (AvgIpc) is 2.89. The summed E-state index contributed by atoms with van der Waals surface area (Å²) in [5.74, 6) is 0.216. The van der Waals surface area contributed by atoms with Crippen LogP contribution in [0.2, 0.25) is 0 Å². The predicted octanol–water partition coefficient (Wildman–Crippen LogP) is 4.11. The molecule has 0 aliphatic rings. The van der Waals surface area contributed by atoms with Crippen LogP contribution < -0.4 is 5.32 Å². The van der Waals surface area contributed by atoms with Crippen LogP contribution in [0.4, 0.5) is 11.4 Å². The third kappa shape index (κ3) is 2.10. The van der Waals surface area contributed by atoms with Gasteiger partial charge in [0.1, 0.15) is 16.4 Å². The summed E-state index contributed by atoms with van der Waals surface area (Å²) in [6.45, 7) is 0. The van der Waals surface area contributed by atoms with E-state index in [0.29, 0.717) is 11.4 Å². The first-order chi connectivity index (χ1) is 9.71. The summed E-state index contributed by atoms with van der Waals surface area (Å²) in [5.41, 5.74) is 2.69. The van der Waals surface area contributed by atoms with Crippen molar-refractivity contribution < 1.29 is 5.11 Å². The molecule has 20 heavy (non-hydrogen) atoms. The van der Waals surface area contributed by atoms with Crippen LogP contribution in [-0.4, -0.2) is 17.1 Å². The van der Waals surface area contributed by atoms with E-state index in [1.165, 1.54) is 11.3 Å². The van der Waals surface area contributed by atoms with Gasteiger partial charge in [0.05, 0.1) is 15.9 Å². The lowest BCUT2D eigenvalue weighted by molar-refractivity contribution is 0.476. The zero-order valence-electron chi connectivity index (χ0n) is 10.6. The van der Waals surface area contributed by atoms with Gasteiger partial charge in [-0.05, 0) is 41.6 Å². The molecule has 0 saturated heterocycles. The summed E-state index contributed by atoms with van der Waals surface area (Å²) >= 11 is 1.46. The summed E-state index contributed by atoms with van der Waals surface area (Å²) < 4.78 is 0.901. The van der Waals surface area contributed by atoms with Gasteiger partial charge in [-0.2, -0.15) is 0 Å². The van der Waals surface area contributed by atoms with Gasteiger partial charge in [0.25, 0.3) is 0 Å². The van der Waals surface area contributed by atoms with Crippen LogP contribution in [0.5, 0.6) is 5.75 Å². The Hall–Kier alpha value is -2.47. The molecule has 3 rings (SSSR count). The molecule has 2 aromatic carbocycles. The van der Waals surface area contributed by atoms with Crippen molar-refractivity contribution in [2.24, 2.45) is 5.18 Å². The number of benzene rings is 2. The van der Waals surface area contributed by atoms with Crippen LogP contribution in [0.3, 0.4) is 0 Å². The fourth-order valence-electron chi connectivity index (χ4n) is 1.99. The first-order valence-electron chi connectivity index (χ1n) is 5.96. The summed E-state index contributed by atoms with van der Waals surface area (Å²) in [5, 5.41) is 16.2. The van der Waals surface area contributed by atoms with Crippen LogP contribution in [-0.2, 0) is 0 Å². The topological polar surface area (TPSA) is 74.6 Å². The minimum atomic E-state index is 0.216. The number of fused-ring (bicyclic) bond motifs is 1. The molecule has 3 aromatic rings. The van der Waals surface area contributed by atoms with Gasteiger partial charge in [0, 0.05) is 12.6 Å². The van der Waals surface area contributed by atoms with Gasteiger partial charge in [-0.3, -0.25) is 0 Å². The second kappa shape index (κ2) is 4.90. The highest BCUT2D eigenvalue weighted by molar-refractivity contribution is 7.21. The molecule has 0 fully saturated rings. The number of hydrogen-bond acceptors (Lipinski definition) is 6. The molecule has 0 radical (unpaired) electrons. The minimum Gasteiger partial charge on any atom is -0.508 e. The Kier molecular flexibility index (Phi) is 3.08. The van der Waals surface area contributed by atoms with Crippen LogP contribution in [0.15, 0.2) is 41.6 Å². The van der Waals surface area contributed by atoms with Crippen molar-refractivity contribution in [3.8, 4) is 16.3 Å². The van der Waals surface area contributed by atoms with E-state index in [1.807, 2.05) is 6.07 Å². The van der Waals surface area contributed by atoms with E-state index in [0.717, 1.165) is 20.8 Å². The second-order valence-electron chi connectivity index (χ2n) is 4.24. The number of aromatic nitrogens is 1. The van der Waals surface area contributed by atoms with Gasteiger partial charge in [-0.25, -0.2) is 4.98 Å². The molecule has 0 saturated carbocycles. The van der Waals surface area contributed by atoms with Crippen LogP contribution in [0.25, 0.3) is 20.8 Å². The highest BCUT2D eigenvalue weighted by Crippen LogP contribution is 2.35. The molecule has 1 aromatic heterocycles. The van der Waals surface area contributed by atoms with E-state index >= 15 is 0 Å². The Morgan fingerprint density at radius 1 is 1.25 bits per heavy atom. The summed E-state index contributed by atoms with van der Waals surface area (Å²) in [7, 11) is 1.74. The Labute approximate surface area is 118 Å². The second-order valence-corrected chi connectivity index (χ2v) is 5.27. The number of nitroso groups, excluding NO2 is 1. The lowest BCUT2D eigenvalue weighted by Gasteiger charge is -2.03. The fraction of sp³-hybridized carbons (Fsp3) is 0.0714. The molecule has 100 valence electrons. The molecule has 0 amide bonds. The maximum atomic E-state index is 10.8. The molecule has 2 N–H and O–H groups in total. The molecule has 0 bridgehead atoms. The van der Waals surface area contributed by atoms with Crippen molar-refractivity contribution in [3.05, 3.63) is 41.3 Å². The molecule has 0 atom stereocenters. The Morgan fingerprint density at radius 3 is 2.85 bits per heavy atom. The molecular formula is C14H11N3O2S. The number of anilines is 1. The third-order valence-electron chi connectivity index (χ3n) is 2.98. The highest BCUT2D eigenvalue weighted by Gasteiger charge is 2.10. The molecule has 0 aliphatic heterocycles. The third-order valence-corrected chi connectivity index (χ3v) is 4.05. The SMILES string of the molecule is CNc1ccc(-c2nc3ccc(O)cc3s2)cc1N=O. The van der Waals surface area contributed by atoms with E-state index < -0.39 is 0 Å². The normalized spacial score (nSPS) is 10.7. The average molecular weight is 285 g/mol. The number of rotatable bonds is 3. The van der Waals surface area contributed by atoms with Crippen molar-refractivity contribution in [1.82, 2.24) is 4.98 Å². The van der Waals surface area contributed by atoms with Crippen molar-refractivity contribution in [3.63, 3.8) is 0 Å². The number of thiazole rings is 1. The summed E-state index contributed by atoms with van der Waals surface area (Å²) in [6, 6.07) is 10.4. The fourth-order valence-corrected chi connectivity index (χ4v) is 2.98. The molecule has 0 aliphatic carbocycles. The number of hydrogen-bond donors (Lipinski definition) is 2. The van der Waals surface area contributed by atoms with E-state index in [1.54, 1.807) is 37.4 Å². The quantitative estimate of drug-likeness (QED) is 0.710. The lowest BCUT2D eigenvalue weighted by atomic mass is 10.2. The predicted molar refractivity (Wildman–Crippen MR) is 81.7 cm³/mol. The van der Waals surface area contributed by atoms with E-state index in [9.17, 15) is 10.0 Å². The number of phenolic OH excluding ortho intramolecular Hbond substituents is 1. The molecule has 1 heterocycles. The molecule has 0 spiro atoms. The summed E-state index contributed by atoms with van der Waals surface area (Å²) in [4.78, 5) is 15.3.